The smallest absolute Gasteiger partial charge is 0.265 e. The van der Waals surface area contributed by atoms with Crippen molar-refractivity contribution in [3.8, 4) is 0 Å². The van der Waals surface area contributed by atoms with E-state index in [1.54, 1.807) is 0 Å². The number of thiophene rings is 1. The Balaban J connectivity index is 1.57. The van der Waals surface area contributed by atoms with Crippen molar-refractivity contribution in [2.45, 2.75) is 31.7 Å². The highest BCUT2D eigenvalue weighted by Gasteiger charge is 2.33. The second kappa shape index (κ2) is 6.42. The molecular weight excluding hydrogens is 328 g/mol. The van der Waals surface area contributed by atoms with E-state index in [1.165, 1.54) is 37.3 Å². The van der Waals surface area contributed by atoms with Crippen LogP contribution >= 0.6 is 22.9 Å². The molecule has 2 aromatic rings. The number of hydrogen-bond donors (Lipinski definition) is 0. The van der Waals surface area contributed by atoms with Gasteiger partial charge in [-0.25, -0.2) is 0 Å². The minimum absolute atomic E-state index is 0.123. The molecule has 1 aromatic heterocycles. The van der Waals surface area contributed by atoms with E-state index in [9.17, 15) is 4.79 Å². The molecule has 1 atom stereocenters. The first-order chi connectivity index (χ1) is 11.2. The predicted octanol–water partition coefficient (Wildman–Crippen LogP) is 4.26. The lowest BCUT2D eigenvalue weighted by Gasteiger charge is -2.28. The largest absolute Gasteiger partial charge is 0.334 e. The third-order valence-corrected chi connectivity index (χ3v) is 6.70. The second-order valence-corrected chi connectivity index (χ2v) is 7.97. The van der Waals surface area contributed by atoms with Crippen molar-refractivity contribution < 1.29 is 4.79 Å². The maximum absolute atomic E-state index is 13.1. The molecule has 1 amide bonds. The SMILES string of the molecule is O=C(c1sc2ccccc2c1Cl)N1CCC[C@H]1CN1CCCC1. The van der Waals surface area contributed by atoms with Gasteiger partial charge in [-0.3, -0.25) is 4.79 Å². The molecule has 5 heteroatoms. The van der Waals surface area contributed by atoms with Gasteiger partial charge in [0.25, 0.3) is 5.91 Å². The number of benzene rings is 1. The van der Waals surface area contributed by atoms with E-state index >= 15 is 0 Å². The number of halogens is 1. The van der Waals surface area contributed by atoms with E-state index in [4.69, 9.17) is 11.6 Å². The highest BCUT2D eigenvalue weighted by atomic mass is 35.5. The van der Waals surface area contributed by atoms with Crippen LogP contribution in [-0.4, -0.2) is 47.9 Å². The predicted molar refractivity (Wildman–Crippen MR) is 96.6 cm³/mol. The van der Waals surface area contributed by atoms with Crippen molar-refractivity contribution in [1.29, 1.82) is 0 Å². The Morgan fingerprint density at radius 3 is 2.74 bits per heavy atom. The first-order valence-corrected chi connectivity index (χ1v) is 9.64. The molecule has 0 bridgehead atoms. The van der Waals surface area contributed by atoms with Crippen LogP contribution in [0.2, 0.25) is 5.02 Å². The molecule has 4 rings (SSSR count). The minimum atomic E-state index is 0.123. The van der Waals surface area contributed by atoms with Gasteiger partial charge in [0, 0.05) is 29.2 Å². The van der Waals surface area contributed by atoms with Crippen LogP contribution in [0.4, 0.5) is 0 Å². The van der Waals surface area contributed by atoms with E-state index < -0.39 is 0 Å². The Hall–Kier alpha value is -1.10. The lowest BCUT2D eigenvalue weighted by Crippen LogP contribution is -2.42. The van der Waals surface area contributed by atoms with Crippen LogP contribution in [0.5, 0.6) is 0 Å². The molecule has 0 saturated carbocycles. The molecule has 0 aliphatic carbocycles. The van der Waals surface area contributed by atoms with Crippen molar-refractivity contribution in [2.75, 3.05) is 26.2 Å². The molecule has 2 aliphatic heterocycles. The topological polar surface area (TPSA) is 23.6 Å². The molecule has 0 N–H and O–H groups in total. The minimum Gasteiger partial charge on any atom is -0.334 e. The summed E-state index contributed by atoms with van der Waals surface area (Å²) >= 11 is 8.03. The molecule has 3 heterocycles. The summed E-state index contributed by atoms with van der Waals surface area (Å²) in [6.45, 7) is 4.25. The molecule has 1 aromatic carbocycles. The van der Waals surface area contributed by atoms with Gasteiger partial charge in [-0.2, -0.15) is 0 Å². The summed E-state index contributed by atoms with van der Waals surface area (Å²) in [5, 5.41) is 1.63. The van der Waals surface area contributed by atoms with Gasteiger partial charge in [0.05, 0.1) is 5.02 Å². The standard InChI is InChI=1S/C18H21ClN2OS/c19-16-14-7-1-2-8-15(14)23-17(16)18(22)21-11-5-6-13(21)12-20-9-3-4-10-20/h1-2,7-8,13H,3-6,9-12H2/t13-/m0/s1. The molecule has 3 nitrogen and oxygen atoms in total. The number of nitrogens with zero attached hydrogens (tertiary/aromatic N) is 2. The summed E-state index contributed by atoms with van der Waals surface area (Å²) in [5.74, 6) is 0.123. The molecule has 122 valence electrons. The fraction of sp³-hybridized carbons (Fsp3) is 0.500. The van der Waals surface area contributed by atoms with E-state index in [-0.39, 0.29) is 5.91 Å². The zero-order chi connectivity index (χ0) is 15.8. The van der Waals surface area contributed by atoms with Gasteiger partial charge in [0.1, 0.15) is 4.88 Å². The molecule has 2 fully saturated rings. The van der Waals surface area contributed by atoms with Crippen molar-refractivity contribution >= 4 is 38.9 Å². The average molecular weight is 349 g/mol. The van der Waals surface area contributed by atoms with Gasteiger partial charge in [-0.1, -0.05) is 29.8 Å². The summed E-state index contributed by atoms with van der Waals surface area (Å²) in [5.41, 5.74) is 0. The van der Waals surface area contributed by atoms with Crippen LogP contribution in [-0.2, 0) is 0 Å². The van der Waals surface area contributed by atoms with Gasteiger partial charge in [-0.15, -0.1) is 11.3 Å². The molecule has 0 unspecified atom stereocenters. The Labute approximate surface area is 145 Å². The third-order valence-electron chi connectivity index (χ3n) is 5.03. The summed E-state index contributed by atoms with van der Waals surface area (Å²) in [7, 11) is 0. The van der Waals surface area contributed by atoms with Crippen molar-refractivity contribution in [2.24, 2.45) is 0 Å². The van der Waals surface area contributed by atoms with E-state index in [0.717, 1.165) is 36.0 Å². The lowest BCUT2D eigenvalue weighted by atomic mass is 10.2. The van der Waals surface area contributed by atoms with Gasteiger partial charge >= 0.3 is 0 Å². The number of fused-ring (bicyclic) bond motifs is 1. The van der Waals surface area contributed by atoms with Crippen molar-refractivity contribution in [1.82, 2.24) is 9.80 Å². The molecule has 0 radical (unpaired) electrons. The molecule has 2 aliphatic rings. The molecule has 23 heavy (non-hydrogen) atoms. The van der Waals surface area contributed by atoms with Crippen LogP contribution in [0.3, 0.4) is 0 Å². The number of likely N-dealkylation sites (tertiary alicyclic amines) is 2. The number of carbonyl (C=O) groups is 1. The van der Waals surface area contributed by atoms with Crippen molar-refractivity contribution in [3.05, 3.63) is 34.2 Å². The first-order valence-electron chi connectivity index (χ1n) is 8.44. The maximum Gasteiger partial charge on any atom is 0.265 e. The Morgan fingerprint density at radius 2 is 1.96 bits per heavy atom. The third kappa shape index (κ3) is 2.88. The van der Waals surface area contributed by atoms with Crippen molar-refractivity contribution in [3.63, 3.8) is 0 Å². The highest BCUT2D eigenvalue weighted by molar-refractivity contribution is 7.21. The zero-order valence-corrected chi connectivity index (χ0v) is 14.7. The Kier molecular flexibility index (Phi) is 4.31. The van der Waals surface area contributed by atoms with Gasteiger partial charge in [0.15, 0.2) is 0 Å². The average Bonchev–Trinajstić information content (AvgIpc) is 3.29. The second-order valence-electron chi connectivity index (χ2n) is 6.54. The zero-order valence-electron chi connectivity index (χ0n) is 13.1. The van der Waals surface area contributed by atoms with Crippen LogP contribution in [0, 0.1) is 0 Å². The summed E-state index contributed by atoms with van der Waals surface area (Å²) < 4.78 is 1.09. The molecule has 0 spiro atoms. The van der Waals surface area contributed by atoms with Crippen LogP contribution in [0.1, 0.15) is 35.4 Å². The quantitative estimate of drug-likeness (QED) is 0.827. The van der Waals surface area contributed by atoms with Gasteiger partial charge in [-0.05, 0) is 44.8 Å². The maximum atomic E-state index is 13.1. The van der Waals surface area contributed by atoms with Gasteiger partial charge in [0.2, 0.25) is 0 Å². The van der Waals surface area contributed by atoms with Crippen LogP contribution < -0.4 is 0 Å². The monoisotopic (exact) mass is 348 g/mol. The normalized spacial score (nSPS) is 22.3. The van der Waals surface area contributed by atoms with Gasteiger partial charge < -0.3 is 9.80 Å². The fourth-order valence-corrected chi connectivity index (χ4v) is 5.31. The number of amides is 1. The number of rotatable bonds is 3. The fourth-order valence-electron chi connectivity index (χ4n) is 3.84. The lowest BCUT2D eigenvalue weighted by molar-refractivity contribution is 0.0714. The number of carbonyl (C=O) groups excluding carboxylic acids is 1. The summed E-state index contributed by atoms with van der Waals surface area (Å²) in [6, 6.07) is 8.35. The Morgan fingerprint density at radius 1 is 1.17 bits per heavy atom. The van der Waals surface area contributed by atoms with Crippen LogP contribution in [0.25, 0.3) is 10.1 Å². The van der Waals surface area contributed by atoms with E-state index in [1.807, 2.05) is 24.3 Å². The highest BCUT2D eigenvalue weighted by Crippen LogP contribution is 2.37. The summed E-state index contributed by atoms with van der Waals surface area (Å²) in [4.78, 5) is 18.3. The number of hydrogen-bond acceptors (Lipinski definition) is 3. The Bertz CT molecular complexity index is 723. The molecular formula is C18H21ClN2OS. The van der Waals surface area contributed by atoms with E-state index in [2.05, 4.69) is 9.80 Å². The molecule has 2 saturated heterocycles. The van der Waals surface area contributed by atoms with Crippen LogP contribution in [0.15, 0.2) is 24.3 Å². The van der Waals surface area contributed by atoms with E-state index in [0.29, 0.717) is 15.9 Å². The summed E-state index contributed by atoms with van der Waals surface area (Å²) in [6.07, 6.45) is 4.81. The first kappa shape index (κ1) is 15.4.